The summed E-state index contributed by atoms with van der Waals surface area (Å²) in [5, 5.41) is 16.9. The van der Waals surface area contributed by atoms with E-state index in [1.54, 1.807) is 0 Å². The maximum atomic E-state index is 11.0. The van der Waals surface area contributed by atoms with E-state index in [1.807, 2.05) is 29.6 Å². The molecule has 1 saturated heterocycles. The Morgan fingerprint density at radius 2 is 2.04 bits per heavy atom. The lowest BCUT2D eigenvalue weighted by atomic mass is 9.84. The Kier molecular flexibility index (Phi) is 5.74. The van der Waals surface area contributed by atoms with Gasteiger partial charge >= 0.3 is 0 Å². The van der Waals surface area contributed by atoms with Gasteiger partial charge in [0.1, 0.15) is 0 Å². The molecule has 134 valence electrons. The molecule has 2 heterocycles. The number of carbonyl (C=O) groups is 1. The number of aromatic nitrogens is 1. The molecule has 7 heteroatoms. The molecular formula is C18H22ClN3O2S. The second-order valence-electron chi connectivity index (χ2n) is 6.46. The van der Waals surface area contributed by atoms with Crippen molar-refractivity contribution in [1.29, 1.82) is 0 Å². The topological polar surface area (TPSA) is 65.5 Å². The zero-order valence-corrected chi connectivity index (χ0v) is 15.7. The van der Waals surface area contributed by atoms with Gasteiger partial charge in [-0.2, -0.15) is 0 Å². The molecule has 1 fully saturated rings. The Morgan fingerprint density at radius 1 is 1.36 bits per heavy atom. The first kappa shape index (κ1) is 18.3. The number of benzene rings is 1. The minimum Gasteiger partial charge on any atom is -0.385 e. The van der Waals surface area contributed by atoms with E-state index in [4.69, 9.17) is 11.6 Å². The van der Waals surface area contributed by atoms with Gasteiger partial charge in [0.2, 0.25) is 5.91 Å². The molecule has 0 bridgehead atoms. The van der Waals surface area contributed by atoms with Gasteiger partial charge in [0, 0.05) is 43.4 Å². The summed E-state index contributed by atoms with van der Waals surface area (Å²) in [6, 6.07) is 7.49. The first-order valence-corrected chi connectivity index (χ1v) is 9.63. The lowest BCUT2D eigenvalue weighted by molar-refractivity contribution is -0.114. The first-order chi connectivity index (χ1) is 11.9. The van der Waals surface area contributed by atoms with E-state index in [0.717, 1.165) is 37.3 Å². The largest absolute Gasteiger partial charge is 0.385 e. The Morgan fingerprint density at radius 3 is 2.68 bits per heavy atom. The molecular weight excluding hydrogens is 358 g/mol. The number of nitrogens with zero attached hydrogens (tertiary/aromatic N) is 2. The molecule has 1 aliphatic rings. The summed E-state index contributed by atoms with van der Waals surface area (Å²) >= 11 is 7.38. The van der Waals surface area contributed by atoms with E-state index < -0.39 is 5.60 Å². The molecule has 2 aromatic rings. The fraction of sp³-hybridized carbons (Fsp3) is 0.444. The summed E-state index contributed by atoms with van der Waals surface area (Å²) in [7, 11) is 0. The third kappa shape index (κ3) is 4.79. The minimum absolute atomic E-state index is 0.0987. The number of halogens is 1. The van der Waals surface area contributed by atoms with Crippen molar-refractivity contribution < 1.29 is 9.90 Å². The van der Waals surface area contributed by atoms with Crippen LogP contribution >= 0.6 is 22.9 Å². The highest BCUT2D eigenvalue weighted by atomic mass is 35.5. The Bertz CT molecular complexity index is 724. The minimum atomic E-state index is -0.764. The normalized spacial score (nSPS) is 17.4. The van der Waals surface area contributed by atoms with Crippen LogP contribution in [0, 0.1) is 0 Å². The van der Waals surface area contributed by atoms with Gasteiger partial charge < -0.3 is 15.3 Å². The highest BCUT2D eigenvalue weighted by molar-refractivity contribution is 7.13. The molecule has 2 N–H and O–H groups in total. The molecule has 0 saturated carbocycles. The SMILES string of the molecule is CC(=O)Nc1nc(CCN2CCC(O)(c3ccc(Cl)cc3)CC2)cs1. The van der Waals surface area contributed by atoms with Crippen LogP contribution in [0.25, 0.3) is 0 Å². The van der Waals surface area contributed by atoms with E-state index in [-0.39, 0.29) is 5.91 Å². The molecule has 0 atom stereocenters. The molecule has 0 unspecified atom stereocenters. The summed E-state index contributed by atoms with van der Waals surface area (Å²) in [6.07, 6.45) is 2.27. The van der Waals surface area contributed by atoms with E-state index in [9.17, 15) is 9.90 Å². The van der Waals surface area contributed by atoms with Crippen LogP contribution in [0.1, 0.15) is 31.0 Å². The molecule has 1 aliphatic heterocycles. The molecule has 1 aromatic heterocycles. The van der Waals surface area contributed by atoms with Gasteiger partial charge in [0.25, 0.3) is 0 Å². The van der Waals surface area contributed by atoms with Crippen molar-refractivity contribution in [3.8, 4) is 0 Å². The number of likely N-dealkylation sites (tertiary alicyclic amines) is 1. The average Bonchev–Trinajstić information content (AvgIpc) is 3.01. The number of rotatable bonds is 5. The Labute approximate surface area is 156 Å². The maximum absolute atomic E-state index is 11.0. The number of carbonyl (C=O) groups excluding carboxylic acids is 1. The van der Waals surface area contributed by atoms with Gasteiger partial charge in [-0.05, 0) is 30.5 Å². The molecule has 1 aromatic carbocycles. The predicted molar refractivity (Wildman–Crippen MR) is 101 cm³/mol. The van der Waals surface area contributed by atoms with Gasteiger partial charge in [-0.15, -0.1) is 11.3 Å². The zero-order valence-electron chi connectivity index (χ0n) is 14.2. The third-order valence-electron chi connectivity index (χ3n) is 4.58. The molecule has 1 amide bonds. The summed E-state index contributed by atoms with van der Waals surface area (Å²) in [6.45, 7) is 4.08. The van der Waals surface area contributed by atoms with E-state index >= 15 is 0 Å². The smallest absolute Gasteiger partial charge is 0.223 e. The molecule has 0 spiro atoms. The number of anilines is 1. The fourth-order valence-corrected chi connectivity index (χ4v) is 4.01. The fourth-order valence-electron chi connectivity index (χ4n) is 3.10. The zero-order chi connectivity index (χ0) is 17.9. The van der Waals surface area contributed by atoms with Crippen molar-refractivity contribution >= 4 is 34.0 Å². The van der Waals surface area contributed by atoms with Crippen LogP contribution < -0.4 is 5.32 Å². The molecule has 0 radical (unpaired) electrons. The van der Waals surface area contributed by atoms with E-state index in [1.165, 1.54) is 18.3 Å². The maximum Gasteiger partial charge on any atom is 0.223 e. The molecule has 25 heavy (non-hydrogen) atoms. The van der Waals surface area contributed by atoms with E-state index in [0.29, 0.717) is 23.0 Å². The van der Waals surface area contributed by atoms with Crippen LogP contribution in [0.3, 0.4) is 0 Å². The highest BCUT2D eigenvalue weighted by Gasteiger charge is 2.33. The number of aliphatic hydroxyl groups is 1. The second kappa shape index (κ2) is 7.83. The molecule has 3 rings (SSSR count). The van der Waals surface area contributed by atoms with Crippen LogP contribution in [0.4, 0.5) is 5.13 Å². The van der Waals surface area contributed by atoms with Gasteiger partial charge in [-0.3, -0.25) is 4.79 Å². The second-order valence-corrected chi connectivity index (χ2v) is 7.75. The number of amides is 1. The van der Waals surface area contributed by atoms with Crippen LogP contribution in [0.15, 0.2) is 29.6 Å². The number of nitrogens with one attached hydrogen (secondary N) is 1. The lowest BCUT2D eigenvalue weighted by Gasteiger charge is -2.38. The van der Waals surface area contributed by atoms with Crippen molar-refractivity contribution in [2.24, 2.45) is 0 Å². The van der Waals surface area contributed by atoms with Crippen LogP contribution in [0.2, 0.25) is 5.02 Å². The van der Waals surface area contributed by atoms with E-state index in [2.05, 4.69) is 15.2 Å². The van der Waals surface area contributed by atoms with Crippen LogP contribution in [0.5, 0.6) is 0 Å². The Balaban J connectivity index is 1.50. The van der Waals surface area contributed by atoms with Crippen molar-refractivity contribution in [3.05, 3.63) is 45.9 Å². The highest BCUT2D eigenvalue weighted by Crippen LogP contribution is 2.33. The van der Waals surface area contributed by atoms with Gasteiger partial charge in [0.15, 0.2) is 5.13 Å². The molecule has 0 aliphatic carbocycles. The number of hydrogen-bond acceptors (Lipinski definition) is 5. The summed E-state index contributed by atoms with van der Waals surface area (Å²) < 4.78 is 0. The summed E-state index contributed by atoms with van der Waals surface area (Å²) in [4.78, 5) is 17.8. The number of piperidine rings is 1. The van der Waals surface area contributed by atoms with Gasteiger partial charge in [0.05, 0.1) is 11.3 Å². The summed E-state index contributed by atoms with van der Waals surface area (Å²) in [5.41, 5.74) is 1.17. The third-order valence-corrected chi connectivity index (χ3v) is 5.64. The van der Waals surface area contributed by atoms with Crippen molar-refractivity contribution in [3.63, 3.8) is 0 Å². The lowest BCUT2D eigenvalue weighted by Crippen LogP contribution is -2.43. The van der Waals surface area contributed by atoms with Crippen molar-refractivity contribution in [2.75, 3.05) is 25.0 Å². The van der Waals surface area contributed by atoms with Crippen molar-refractivity contribution in [1.82, 2.24) is 9.88 Å². The van der Waals surface area contributed by atoms with Gasteiger partial charge in [-0.25, -0.2) is 4.98 Å². The van der Waals surface area contributed by atoms with Crippen molar-refractivity contribution in [2.45, 2.75) is 31.8 Å². The summed E-state index contributed by atoms with van der Waals surface area (Å²) in [5.74, 6) is -0.0987. The monoisotopic (exact) mass is 379 g/mol. The first-order valence-electron chi connectivity index (χ1n) is 8.37. The van der Waals surface area contributed by atoms with Crippen LogP contribution in [-0.2, 0) is 16.8 Å². The van der Waals surface area contributed by atoms with Crippen LogP contribution in [-0.4, -0.2) is 40.5 Å². The predicted octanol–water partition coefficient (Wildman–Crippen LogP) is 3.28. The number of thiazole rings is 1. The number of hydrogen-bond donors (Lipinski definition) is 2. The van der Waals surface area contributed by atoms with Gasteiger partial charge in [-0.1, -0.05) is 23.7 Å². The standard InChI is InChI=1S/C18H22ClN3O2S/c1-13(23)20-17-21-16(12-25-17)6-9-22-10-7-18(24,8-11-22)14-2-4-15(19)5-3-14/h2-5,12,24H,6-11H2,1H3,(H,20,21,23). The molecule has 5 nitrogen and oxygen atoms in total. The average molecular weight is 380 g/mol. The Hall–Kier alpha value is -1.47. The quantitative estimate of drug-likeness (QED) is 0.836.